The van der Waals surface area contributed by atoms with Crippen LogP contribution in [0.5, 0.6) is 0 Å². The van der Waals surface area contributed by atoms with Crippen LogP contribution in [0.1, 0.15) is 19.4 Å². The number of nitrogens with zero attached hydrogens (tertiary/aromatic N) is 2. The average molecular weight is 267 g/mol. The number of nitrogens with one attached hydrogen (secondary N) is 1. The highest BCUT2D eigenvalue weighted by Gasteiger charge is 2.32. The van der Waals surface area contributed by atoms with Crippen LogP contribution in [0, 0.1) is 17.0 Å². The maximum absolute atomic E-state index is 11.0. The number of hydrogen-bond acceptors (Lipinski definition) is 6. The van der Waals surface area contributed by atoms with Gasteiger partial charge in [-0.15, -0.1) is 0 Å². The molecule has 1 unspecified atom stereocenters. The summed E-state index contributed by atoms with van der Waals surface area (Å²) in [5, 5.41) is 14.0. The number of nitro groups is 1. The summed E-state index contributed by atoms with van der Waals surface area (Å²) >= 11 is 0. The lowest BCUT2D eigenvalue weighted by atomic mass is 10.2. The molecule has 1 N–H and O–H groups in total. The van der Waals surface area contributed by atoms with E-state index < -0.39 is 10.7 Å². The molecule has 0 spiro atoms. The molecule has 1 aliphatic rings. The highest BCUT2D eigenvalue weighted by atomic mass is 16.7. The Bertz CT molecular complexity index is 490. The Balaban J connectivity index is 2.04. The molecule has 0 bridgehead atoms. The molecule has 1 aromatic heterocycles. The van der Waals surface area contributed by atoms with Crippen LogP contribution in [0.4, 0.5) is 11.5 Å². The minimum Gasteiger partial charge on any atom is -0.362 e. The smallest absolute Gasteiger partial charge is 0.314 e. The van der Waals surface area contributed by atoms with Gasteiger partial charge in [0.2, 0.25) is 5.82 Å². The molecule has 7 nitrogen and oxygen atoms in total. The first-order chi connectivity index (χ1) is 8.89. The molecular weight excluding hydrogens is 250 g/mol. The van der Waals surface area contributed by atoms with E-state index in [0.29, 0.717) is 18.7 Å². The van der Waals surface area contributed by atoms with Crippen LogP contribution >= 0.6 is 0 Å². The zero-order valence-corrected chi connectivity index (χ0v) is 11.2. The topological polar surface area (TPSA) is 86.5 Å². The van der Waals surface area contributed by atoms with Crippen molar-refractivity contribution >= 4 is 11.5 Å². The van der Waals surface area contributed by atoms with Gasteiger partial charge in [-0.2, -0.15) is 0 Å². The van der Waals surface area contributed by atoms with Crippen LogP contribution in [0.3, 0.4) is 0 Å². The quantitative estimate of drug-likeness (QED) is 0.662. The predicted molar refractivity (Wildman–Crippen MR) is 69.0 cm³/mol. The van der Waals surface area contributed by atoms with E-state index in [1.54, 1.807) is 19.2 Å². The Kier molecular flexibility index (Phi) is 3.68. The standard InChI is InChI=1S/C12H17N3O4/c1-8-4-5-13-11(10(8)15(16)17)14-6-9-7-18-12(2,3)19-9/h4-5,9H,6-7H2,1-3H3,(H,13,14). The largest absolute Gasteiger partial charge is 0.362 e. The van der Waals surface area contributed by atoms with E-state index in [1.807, 2.05) is 13.8 Å². The summed E-state index contributed by atoms with van der Waals surface area (Å²) < 4.78 is 11.0. The molecule has 0 amide bonds. The molecule has 1 aliphatic heterocycles. The summed E-state index contributed by atoms with van der Waals surface area (Å²) in [5.74, 6) is -0.337. The first-order valence-corrected chi connectivity index (χ1v) is 6.05. The number of hydrogen-bond donors (Lipinski definition) is 1. The average Bonchev–Trinajstić information content (AvgIpc) is 2.66. The summed E-state index contributed by atoms with van der Waals surface area (Å²) in [5.41, 5.74) is 0.576. The summed E-state index contributed by atoms with van der Waals surface area (Å²) in [4.78, 5) is 14.6. The summed E-state index contributed by atoms with van der Waals surface area (Å²) in [6.45, 7) is 6.23. The maximum Gasteiger partial charge on any atom is 0.314 e. The van der Waals surface area contributed by atoms with Crippen molar-refractivity contribution in [3.05, 3.63) is 27.9 Å². The van der Waals surface area contributed by atoms with Crippen molar-refractivity contribution in [1.82, 2.24) is 4.98 Å². The van der Waals surface area contributed by atoms with Crippen molar-refractivity contribution in [1.29, 1.82) is 0 Å². The van der Waals surface area contributed by atoms with Crippen LogP contribution in [0.25, 0.3) is 0 Å². The van der Waals surface area contributed by atoms with E-state index in [4.69, 9.17) is 9.47 Å². The van der Waals surface area contributed by atoms with Crippen molar-refractivity contribution in [2.75, 3.05) is 18.5 Å². The molecule has 1 aromatic rings. The van der Waals surface area contributed by atoms with E-state index in [2.05, 4.69) is 10.3 Å². The van der Waals surface area contributed by atoms with Gasteiger partial charge in [-0.1, -0.05) is 0 Å². The maximum atomic E-state index is 11.0. The number of pyridine rings is 1. The molecule has 0 aromatic carbocycles. The molecule has 1 atom stereocenters. The van der Waals surface area contributed by atoms with Gasteiger partial charge in [0.1, 0.15) is 6.10 Å². The van der Waals surface area contributed by atoms with E-state index in [0.717, 1.165) is 0 Å². The van der Waals surface area contributed by atoms with Gasteiger partial charge in [0, 0.05) is 18.3 Å². The van der Waals surface area contributed by atoms with Crippen LogP contribution in [0.15, 0.2) is 12.3 Å². The lowest BCUT2D eigenvalue weighted by Gasteiger charge is -2.17. The van der Waals surface area contributed by atoms with E-state index in [-0.39, 0.29) is 17.6 Å². The van der Waals surface area contributed by atoms with Gasteiger partial charge in [0.15, 0.2) is 5.79 Å². The van der Waals surface area contributed by atoms with Gasteiger partial charge in [0.05, 0.1) is 11.5 Å². The van der Waals surface area contributed by atoms with Crippen molar-refractivity contribution in [2.24, 2.45) is 0 Å². The van der Waals surface area contributed by atoms with Crippen LogP contribution in [0.2, 0.25) is 0 Å². The number of rotatable bonds is 4. The first kappa shape index (κ1) is 13.7. The second-order valence-corrected chi connectivity index (χ2v) is 4.91. The minimum atomic E-state index is -0.599. The van der Waals surface area contributed by atoms with E-state index >= 15 is 0 Å². The van der Waals surface area contributed by atoms with Crippen LogP contribution in [-0.4, -0.2) is 35.0 Å². The highest BCUT2D eigenvalue weighted by molar-refractivity contribution is 5.59. The second kappa shape index (κ2) is 5.10. The Hall–Kier alpha value is -1.73. The van der Waals surface area contributed by atoms with Gasteiger partial charge in [-0.25, -0.2) is 4.98 Å². The number of ether oxygens (including phenoxy) is 2. The van der Waals surface area contributed by atoms with Crippen LogP contribution < -0.4 is 5.32 Å². The highest BCUT2D eigenvalue weighted by Crippen LogP contribution is 2.27. The Morgan fingerprint density at radius 2 is 2.37 bits per heavy atom. The predicted octanol–water partition coefficient (Wildman–Crippen LogP) is 1.86. The monoisotopic (exact) mass is 267 g/mol. The summed E-state index contributed by atoms with van der Waals surface area (Å²) in [6.07, 6.45) is 1.40. The van der Waals surface area contributed by atoms with Gasteiger partial charge < -0.3 is 14.8 Å². The molecule has 104 valence electrons. The van der Waals surface area contributed by atoms with Gasteiger partial charge in [-0.3, -0.25) is 10.1 Å². The van der Waals surface area contributed by atoms with Crippen LogP contribution in [-0.2, 0) is 9.47 Å². The normalized spacial score (nSPS) is 21.3. The Morgan fingerprint density at radius 1 is 1.63 bits per heavy atom. The van der Waals surface area contributed by atoms with E-state index in [9.17, 15) is 10.1 Å². The number of aryl methyl sites for hydroxylation is 1. The Morgan fingerprint density at radius 3 is 2.95 bits per heavy atom. The van der Waals surface area contributed by atoms with Gasteiger partial charge >= 0.3 is 5.69 Å². The molecule has 2 rings (SSSR count). The molecule has 0 aliphatic carbocycles. The Labute approximate surface area is 111 Å². The molecule has 1 fully saturated rings. The molecule has 19 heavy (non-hydrogen) atoms. The van der Waals surface area contributed by atoms with Crippen molar-refractivity contribution in [3.8, 4) is 0 Å². The third-order valence-electron chi connectivity index (χ3n) is 2.87. The molecule has 0 radical (unpaired) electrons. The van der Waals surface area contributed by atoms with Gasteiger partial charge in [-0.05, 0) is 26.8 Å². The fourth-order valence-corrected chi connectivity index (χ4v) is 1.98. The minimum absolute atomic E-state index is 0.000625. The van der Waals surface area contributed by atoms with Crippen molar-refractivity contribution in [3.63, 3.8) is 0 Å². The molecular formula is C12H17N3O4. The number of aromatic nitrogens is 1. The molecule has 2 heterocycles. The zero-order chi connectivity index (χ0) is 14.0. The SMILES string of the molecule is Cc1ccnc(NCC2COC(C)(C)O2)c1[N+](=O)[O-]. The fourth-order valence-electron chi connectivity index (χ4n) is 1.98. The third-order valence-corrected chi connectivity index (χ3v) is 2.87. The fraction of sp³-hybridized carbons (Fsp3) is 0.583. The molecule has 1 saturated heterocycles. The molecule has 7 heteroatoms. The second-order valence-electron chi connectivity index (χ2n) is 4.91. The third kappa shape index (κ3) is 3.18. The summed E-state index contributed by atoms with van der Waals surface area (Å²) in [7, 11) is 0. The first-order valence-electron chi connectivity index (χ1n) is 6.05. The van der Waals surface area contributed by atoms with Crippen molar-refractivity contribution in [2.45, 2.75) is 32.7 Å². The van der Waals surface area contributed by atoms with Gasteiger partial charge in [0.25, 0.3) is 0 Å². The lowest BCUT2D eigenvalue weighted by Crippen LogP contribution is -2.26. The lowest BCUT2D eigenvalue weighted by molar-refractivity contribution is -0.384. The molecule has 0 saturated carbocycles. The zero-order valence-electron chi connectivity index (χ0n) is 11.2. The summed E-state index contributed by atoms with van der Waals surface area (Å²) in [6, 6.07) is 1.61. The van der Waals surface area contributed by atoms with E-state index in [1.165, 1.54) is 0 Å². The number of anilines is 1. The van der Waals surface area contributed by atoms with Crippen molar-refractivity contribution < 1.29 is 14.4 Å².